The van der Waals surface area contributed by atoms with E-state index in [0.29, 0.717) is 18.0 Å². The highest BCUT2D eigenvalue weighted by Gasteiger charge is 2.35. The van der Waals surface area contributed by atoms with Crippen molar-refractivity contribution in [3.63, 3.8) is 0 Å². The Morgan fingerprint density at radius 1 is 1.38 bits per heavy atom. The van der Waals surface area contributed by atoms with Gasteiger partial charge in [-0.05, 0) is 40.8 Å². The number of amides is 1. The molecule has 24 heavy (non-hydrogen) atoms. The molecule has 0 N–H and O–H groups in total. The van der Waals surface area contributed by atoms with E-state index >= 15 is 0 Å². The molecule has 7 heteroatoms. The van der Waals surface area contributed by atoms with Crippen LogP contribution in [0.5, 0.6) is 0 Å². The number of nitrogens with zero attached hydrogens (tertiary/aromatic N) is 5. The second-order valence-corrected chi connectivity index (χ2v) is 6.49. The number of aromatic nitrogens is 3. The first-order valence-electron chi connectivity index (χ1n) is 8.15. The maximum absolute atomic E-state index is 12.9. The van der Waals surface area contributed by atoms with Gasteiger partial charge in [-0.15, -0.1) is 0 Å². The van der Waals surface area contributed by atoms with Crippen molar-refractivity contribution in [1.82, 2.24) is 24.8 Å². The van der Waals surface area contributed by atoms with Crippen molar-refractivity contribution in [3.8, 4) is 0 Å². The minimum atomic E-state index is -0.112. The lowest BCUT2D eigenvalue weighted by Gasteiger charge is -2.26. The maximum Gasteiger partial charge on any atom is 0.292 e. The van der Waals surface area contributed by atoms with Crippen molar-refractivity contribution >= 4 is 5.91 Å². The number of oxazole rings is 1. The van der Waals surface area contributed by atoms with Gasteiger partial charge in [0.15, 0.2) is 6.39 Å². The van der Waals surface area contributed by atoms with Gasteiger partial charge in [0.1, 0.15) is 5.82 Å². The summed E-state index contributed by atoms with van der Waals surface area (Å²) in [7, 11) is 4.03. The van der Waals surface area contributed by atoms with Crippen LogP contribution in [-0.4, -0.2) is 51.3 Å². The molecule has 0 aromatic carbocycles. The Balaban J connectivity index is 1.95. The first-order chi connectivity index (χ1) is 11.5. The zero-order valence-electron chi connectivity index (χ0n) is 14.6. The van der Waals surface area contributed by atoms with Crippen molar-refractivity contribution in [2.24, 2.45) is 0 Å². The van der Waals surface area contributed by atoms with Crippen LogP contribution in [0.2, 0.25) is 0 Å². The summed E-state index contributed by atoms with van der Waals surface area (Å²) in [6, 6.07) is -0.0429. The summed E-state index contributed by atoms with van der Waals surface area (Å²) in [6.07, 6.45) is 5.04. The van der Waals surface area contributed by atoms with Gasteiger partial charge >= 0.3 is 0 Å². The van der Waals surface area contributed by atoms with E-state index in [1.165, 1.54) is 6.39 Å². The summed E-state index contributed by atoms with van der Waals surface area (Å²) in [6.45, 7) is 5.11. The molecule has 0 saturated carbocycles. The van der Waals surface area contributed by atoms with Gasteiger partial charge in [-0.25, -0.2) is 15.0 Å². The first kappa shape index (κ1) is 16.6. The van der Waals surface area contributed by atoms with Crippen LogP contribution in [-0.2, 0) is 6.54 Å². The topological polar surface area (TPSA) is 75.4 Å². The molecule has 1 fully saturated rings. The standard InChI is InChI=1S/C17H23N5O2/c1-11-16(24-10-19-11)17(23)22-7-5-6-14(22)15-13(9-21(3)4)8-18-12(2)20-15/h8,10,14H,5-7,9H2,1-4H3/t14-/m0/s1. The lowest BCUT2D eigenvalue weighted by molar-refractivity contribution is 0.0698. The summed E-state index contributed by atoms with van der Waals surface area (Å²) >= 11 is 0. The van der Waals surface area contributed by atoms with Crippen molar-refractivity contribution in [2.75, 3.05) is 20.6 Å². The van der Waals surface area contributed by atoms with Gasteiger partial charge in [-0.1, -0.05) is 0 Å². The Morgan fingerprint density at radius 2 is 2.17 bits per heavy atom. The predicted molar refractivity (Wildman–Crippen MR) is 88.4 cm³/mol. The SMILES string of the molecule is Cc1ncc(CN(C)C)c([C@@H]2CCCN2C(=O)c2ocnc2C)n1. The first-order valence-corrected chi connectivity index (χ1v) is 8.15. The Kier molecular flexibility index (Phi) is 4.62. The maximum atomic E-state index is 12.9. The number of rotatable bonds is 4. The van der Waals surface area contributed by atoms with Crippen LogP contribution < -0.4 is 0 Å². The van der Waals surface area contributed by atoms with Crippen molar-refractivity contribution < 1.29 is 9.21 Å². The molecule has 7 nitrogen and oxygen atoms in total. The van der Waals surface area contributed by atoms with Crippen LogP contribution in [0.25, 0.3) is 0 Å². The summed E-state index contributed by atoms with van der Waals surface area (Å²) in [5, 5.41) is 0. The molecule has 0 unspecified atom stereocenters. The van der Waals surface area contributed by atoms with Gasteiger partial charge in [0.25, 0.3) is 5.91 Å². The number of aryl methyl sites for hydroxylation is 2. The second-order valence-electron chi connectivity index (χ2n) is 6.49. The Morgan fingerprint density at radius 3 is 2.83 bits per heavy atom. The van der Waals surface area contributed by atoms with E-state index in [0.717, 1.165) is 36.5 Å². The van der Waals surface area contributed by atoms with Crippen LogP contribution in [0.15, 0.2) is 17.0 Å². The third-order valence-electron chi connectivity index (χ3n) is 4.27. The van der Waals surface area contributed by atoms with Gasteiger partial charge in [-0.2, -0.15) is 0 Å². The Bertz CT molecular complexity index is 740. The minimum Gasteiger partial charge on any atom is -0.438 e. The van der Waals surface area contributed by atoms with E-state index in [1.807, 2.05) is 32.1 Å². The molecule has 0 radical (unpaired) electrons. The summed E-state index contributed by atoms with van der Waals surface area (Å²) in [4.78, 5) is 29.8. The van der Waals surface area contributed by atoms with Gasteiger partial charge in [-0.3, -0.25) is 4.79 Å². The van der Waals surface area contributed by atoms with E-state index in [4.69, 9.17) is 4.42 Å². The molecular weight excluding hydrogens is 306 g/mol. The zero-order chi connectivity index (χ0) is 17.3. The van der Waals surface area contributed by atoms with Gasteiger partial charge < -0.3 is 14.2 Å². The largest absolute Gasteiger partial charge is 0.438 e. The van der Waals surface area contributed by atoms with E-state index < -0.39 is 0 Å². The fourth-order valence-corrected chi connectivity index (χ4v) is 3.20. The normalized spacial score (nSPS) is 17.7. The van der Waals surface area contributed by atoms with E-state index in [1.54, 1.807) is 6.92 Å². The summed E-state index contributed by atoms with van der Waals surface area (Å²) in [5.41, 5.74) is 2.63. The van der Waals surface area contributed by atoms with Crippen molar-refractivity contribution in [1.29, 1.82) is 0 Å². The molecule has 3 heterocycles. The van der Waals surface area contributed by atoms with Crippen LogP contribution in [0.4, 0.5) is 0 Å². The number of hydrogen-bond donors (Lipinski definition) is 0. The van der Waals surface area contributed by atoms with Crippen LogP contribution in [0.1, 0.15) is 52.2 Å². The Labute approximate surface area is 141 Å². The number of carbonyl (C=O) groups excluding carboxylic acids is 1. The fourth-order valence-electron chi connectivity index (χ4n) is 3.20. The van der Waals surface area contributed by atoms with Crippen LogP contribution in [0, 0.1) is 13.8 Å². The molecule has 1 saturated heterocycles. The second kappa shape index (κ2) is 6.68. The average Bonchev–Trinajstić information content (AvgIpc) is 3.16. The monoisotopic (exact) mass is 329 g/mol. The number of hydrogen-bond acceptors (Lipinski definition) is 6. The van der Waals surface area contributed by atoms with Gasteiger partial charge in [0.05, 0.1) is 17.4 Å². The lowest BCUT2D eigenvalue weighted by Crippen LogP contribution is -2.32. The molecule has 1 amide bonds. The molecule has 3 rings (SSSR count). The smallest absolute Gasteiger partial charge is 0.292 e. The highest BCUT2D eigenvalue weighted by molar-refractivity contribution is 5.92. The van der Waals surface area contributed by atoms with Crippen LogP contribution in [0.3, 0.4) is 0 Å². The molecule has 2 aromatic rings. The van der Waals surface area contributed by atoms with E-state index in [2.05, 4.69) is 19.9 Å². The van der Waals surface area contributed by atoms with E-state index in [-0.39, 0.29) is 11.9 Å². The van der Waals surface area contributed by atoms with Crippen molar-refractivity contribution in [3.05, 3.63) is 41.1 Å². The third kappa shape index (κ3) is 3.17. The van der Waals surface area contributed by atoms with Crippen molar-refractivity contribution in [2.45, 2.75) is 39.3 Å². The van der Waals surface area contributed by atoms with Gasteiger partial charge in [0.2, 0.25) is 5.76 Å². The molecule has 2 aromatic heterocycles. The quantitative estimate of drug-likeness (QED) is 0.855. The molecule has 0 spiro atoms. The molecule has 128 valence electrons. The molecule has 0 aliphatic carbocycles. The number of carbonyl (C=O) groups is 1. The molecule has 1 aliphatic heterocycles. The van der Waals surface area contributed by atoms with E-state index in [9.17, 15) is 4.79 Å². The lowest BCUT2D eigenvalue weighted by atomic mass is 10.1. The predicted octanol–water partition coefficient (Wildman–Crippen LogP) is 2.12. The minimum absolute atomic E-state index is 0.0429. The Hall–Kier alpha value is -2.28. The molecular formula is C17H23N5O2. The average molecular weight is 329 g/mol. The highest BCUT2D eigenvalue weighted by Crippen LogP contribution is 2.34. The number of likely N-dealkylation sites (tertiary alicyclic amines) is 1. The highest BCUT2D eigenvalue weighted by atomic mass is 16.3. The summed E-state index contributed by atoms with van der Waals surface area (Å²) in [5.74, 6) is 0.934. The third-order valence-corrected chi connectivity index (χ3v) is 4.27. The molecule has 1 atom stereocenters. The zero-order valence-corrected chi connectivity index (χ0v) is 14.6. The molecule has 0 bridgehead atoms. The fraction of sp³-hybridized carbons (Fsp3) is 0.529. The molecule has 1 aliphatic rings. The van der Waals surface area contributed by atoms with Crippen LogP contribution >= 0.6 is 0 Å². The van der Waals surface area contributed by atoms with Gasteiger partial charge in [0, 0.05) is 24.8 Å². The summed E-state index contributed by atoms with van der Waals surface area (Å²) < 4.78 is 5.30.